The van der Waals surface area contributed by atoms with Crippen molar-refractivity contribution in [2.45, 2.75) is 70.9 Å². The number of amides is 2. The van der Waals surface area contributed by atoms with Crippen LogP contribution in [0, 0.1) is 0 Å². The number of esters is 1. The maximum Gasteiger partial charge on any atom is 0.410 e. The van der Waals surface area contributed by atoms with E-state index in [1.807, 2.05) is 56.0 Å². The molecule has 33 heavy (non-hydrogen) atoms. The monoisotopic (exact) mass is 459 g/mol. The summed E-state index contributed by atoms with van der Waals surface area (Å²) >= 11 is 0. The van der Waals surface area contributed by atoms with E-state index in [1.54, 1.807) is 11.8 Å². The molecule has 0 radical (unpaired) electrons. The third-order valence-corrected chi connectivity index (χ3v) is 6.19. The molecule has 1 aromatic carbocycles. The molecule has 2 amide bonds. The average molecular weight is 460 g/mol. The second-order valence-corrected chi connectivity index (χ2v) is 9.73. The number of para-hydroxylation sites is 1. The number of carbonyl (C=O) groups excluding carboxylic acids is 3. The lowest BCUT2D eigenvalue weighted by Gasteiger charge is -2.43. The lowest BCUT2D eigenvalue weighted by atomic mass is 9.85. The fourth-order valence-corrected chi connectivity index (χ4v) is 4.56. The maximum absolute atomic E-state index is 13.7. The molecule has 0 saturated carbocycles. The number of benzene rings is 1. The molecule has 182 valence electrons. The Hall–Kier alpha value is -2.77. The SMILES string of the molecule is CCOC(=O)CCCCN1CN(c2ccccc2)C2(CCN(C(=O)OC(C)(C)C)CC2)C1=O. The van der Waals surface area contributed by atoms with Gasteiger partial charge in [-0.2, -0.15) is 0 Å². The number of hydrogen-bond donors (Lipinski definition) is 0. The predicted octanol–water partition coefficient (Wildman–Crippen LogP) is 3.80. The zero-order valence-electron chi connectivity index (χ0n) is 20.3. The summed E-state index contributed by atoms with van der Waals surface area (Å²) in [5, 5.41) is 0. The molecular weight excluding hydrogens is 422 g/mol. The molecule has 3 rings (SSSR count). The molecule has 0 aromatic heterocycles. The topological polar surface area (TPSA) is 79.4 Å². The second-order valence-electron chi connectivity index (χ2n) is 9.73. The van der Waals surface area contributed by atoms with Gasteiger partial charge in [0.15, 0.2) is 0 Å². The minimum atomic E-state index is -0.666. The highest BCUT2D eigenvalue weighted by Crippen LogP contribution is 2.39. The molecule has 0 N–H and O–H groups in total. The molecule has 2 saturated heterocycles. The van der Waals surface area contributed by atoms with Gasteiger partial charge in [0, 0.05) is 31.7 Å². The summed E-state index contributed by atoms with van der Waals surface area (Å²) in [7, 11) is 0. The van der Waals surface area contributed by atoms with Crippen LogP contribution in [0.25, 0.3) is 0 Å². The third-order valence-electron chi connectivity index (χ3n) is 6.19. The molecule has 0 unspecified atom stereocenters. The highest BCUT2D eigenvalue weighted by atomic mass is 16.6. The molecule has 0 bridgehead atoms. The van der Waals surface area contributed by atoms with Gasteiger partial charge in [-0.3, -0.25) is 9.59 Å². The summed E-state index contributed by atoms with van der Waals surface area (Å²) < 4.78 is 10.5. The van der Waals surface area contributed by atoms with Gasteiger partial charge in [0.05, 0.1) is 13.3 Å². The van der Waals surface area contributed by atoms with E-state index in [0.717, 1.165) is 12.1 Å². The first kappa shape index (κ1) is 24.9. The quantitative estimate of drug-likeness (QED) is 0.456. The minimum Gasteiger partial charge on any atom is -0.466 e. The second kappa shape index (κ2) is 10.4. The van der Waals surface area contributed by atoms with Crippen molar-refractivity contribution in [3.05, 3.63) is 30.3 Å². The van der Waals surface area contributed by atoms with Gasteiger partial charge in [-0.05, 0) is 65.5 Å². The number of anilines is 1. The van der Waals surface area contributed by atoms with Gasteiger partial charge < -0.3 is 24.2 Å². The molecule has 0 atom stereocenters. The number of nitrogens with zero attached hydrogens (tertiary/aromatic N) is 3. The number of ether oxygens (including phenoxy) is 2. The first-order valence-corrected chi connectivity index (χ1v) is 11.9. The van der Waals surface area contributed by atoms with Gasteiger partial charge in [0.2, 0.25) is 5.91 Å². The van der Waals surface area contributed by atoms with Crippen LogP contribution < -0.4 is 4.90 Å². The van der Waals surface area contributed by atoms with Crippen LogP contribution in [0.3, 0.4) is 0 Å². The van der Waals surface area contributed by atoms with Gasteiger partial charge >= 0.3 is 12.1 Å². The predicted molar refractivity (Wildman–Crippen MR) is 126 cm³/mol. The standard InChI is InChI=1S/C25H37N3O5/c1-5-32-21(29)13-9-10-16-27-19-28(20-11-7-6-8-12-20)25(22(27)30)14-17-26(18-15-25)23(31)33-24(2,3)4/h6-8,11-12H,5,9-10,13-19H2,1-4H3. The van der Waals surface area contributed by atoms with Gasteiger partial charge in [-0.25, -0.2) is 4.79 Å². The van der Waals surface area contributed by atoms with Crippen LogP contribution in [0.1, 0.15) is 59.8 Å². The molecular formula is C25H37N3O5. The van der Waals surface area contributed by atoms with Gasteiger partial charge in [-0.1, -0.05) is 18.2 Å². The fraction of sp³-hybridized carbons (Fsp3) is 0.640. The van der Waals surface area contributed by atoms with E-state index in [0.29, 0.717) is 58.6 Å². The Balaban J connectivity index is 1.68. The van der Waals surface area contributed by atoms with Gasteiger partial charge in [0.1, 0.15) is 11.1 Å². The summed E-state index contributed by atoms with van der Waals surface area (Å²) in [6.07, 6.45) is 2.58. The third kappa shape index (κ3) is 5.97. The Morgan fingerprint density at radius 3 is 2.33 bits per heavy atom. The smallest absolute Gasteiger partial charge is 0.410 e. The van der Waals surface area contributed by atoms with E-state index >= 15 is 0 Å². The Morgan fingerprint density at radius 1 is 1.06 bits per heavy atom. The van der Waals surface area contributed by atoms with Gasteiger partial charge in [0.25, 0.3) is 0 Å². The van der Waals surface area contributed by atoms with E-state index in [2.05, 4.69) is 4.90 Å². The Kier molecular flexibility index (Phi) is 7.87. The molecule has 2 aliphatic rings. The Bertz CT molecular complexity index is 828. The van der Waals surface area contributed by atoms with Crippen molar-refractivity contribution in [1.82, 2.24) is 9.80 Å². The Labute approximate surface area is 196 Å². The van der Waals surface area contributed by atoms with E-state index in [1.165, 1.54) is 0 Å². The van der Waals surface area contributed by atoms with Crippen LogP contribution in [0.4, 0.5) is 10.5 Å². The summed E-state index contributed by atoms with van der Waals surface area (Å²) in [6.45, 7) is 9.80. The summed E-state index contributed by atoms with van der Waals surface area (Å²) in [4.78, 5) is 43.6. The number of rotatable bonds is 7. The molecule has 2 fully saturated rings. The van der Waals surface area contributed by atoms with Crippen molar-refractivity contribution in [3.8, 4) is 0 Å². The first-order chi connectivity index (χ1) is 15.7. The molecule has 8 heteroatoms. The zero-order valence-corrected chi connectivity index (χ0v) is 20.3. The van der Waals surface area contributed by atoms with Crippen molar-refractivity contribution >= 4 is 23.7 Å². The van der Waals surface area contributed by atoms with Gasteiger partial charge in [-0.15, -0.1) is 0 Å². The first-order valence-electron chi connectivity index (χ1n) is 11.9. The van der Waals surface area contributed by atoms with Crippen molar-refractivity contribution in [3.63, 3.8) is 0 Å². The fourth-order valence-electron chi connectivity index (χ4n) is 4.56. The largest absolute Gasteiger partial charge is 0.466 e. The van der Waals surface area contributed by atoms with Crippen molar-refractivity contribution in [2.75, 3.05) is 37.8 Å². The molecule has 2 heterocycles. The molecule has 1 spiro atoms. The maximum atomic E-state index is 13.7. The van der Waals surface area contributed by atoms with E-state index in [9.17, 15) is 14.4 Å². The summed E-state index contributed by atoms with van der Waals surface area (Å²) in [5.74, 6) is -0.0894. The Morgan fingerprint density at radius 2 is 1.73 bits per heavy atom. The van der Waals surface area contributed by atoms with Crippen LogP contribution in [0.15, 0.2) is 30.3 Å². The van der Waals surface area contributed by atoms with Crippen molar-refractivity contribution in [1.29, 1.82) is 0 Å². The average Bonchev–Trinajstić information content (AvgIpc) is 3.03. The normalized spacial score (nSPS) is 18.1. The highest BCUT2D eigenvalue weighted by Gasteiger charge is 2.54. The number of unbranched alkanes of at least 4 members (excludes halogenated alkanes) is 1. The molecule has 0 aliphatic carbocycles. The number of likely N-dealkylation sites (tertiary alicyclic amines) is 1. The lowest BCUT2D eigenvalue weighted by Crippen LogP contribution is -2.57. The molecule has 1 aromatic rings. The van der Waals surface area contributed by atoms with Crippen LogP contribution in [0.2, 0.25) is 0 Å². The van der Waals surface area contributed by atoms with Crippen LogP contribution in [0.5, 0.6) is 0 Å². The zero-order chi connectivity index (χ0) is 24.1. The summed E-state index contributed by atoms with van der Waals surface area (Å²) in [6, 6.07) is 9.97. The van der Waals surface area contributed by atoms with E-state index in [-0.39, 0.29) is 18.0 Å². The number of piperidine rings is 1. The number of carbonyl (C=O) groups is 3. The minimum absolute atomic E-state index is 0.103. The highest BCUT2D eigenvalue weighted by molar-refractivity contribution is 5.93. The van der Waals surface area contributed by atoms with E-state index in [4.69, 9.17) is 9.47 Å². The van der Waals surface area contributed by atoms with Crippen molar-refractivity contribution in [2.24, 2.45) is 0 Å². The van der Waals surface area contributed by atoms with Crippen LogP contribution in [-0.4, -0.2) is 71.8 Å². The van der Waals surface area contributed by atoms with Crippen molar-refractivity contribution < 1.29 is 23.9 Å². The summed E-state index contributed by atoms with van der Waals surface area (Å²) in [5.41, 5.74) is -0.210. The molecule has 8 nitrogen and oxygen atoms in total. The van der Waals surface area contributed by atoms with Crippen LogP contribution >= 0.6 is 0 Å². The van der Waals surface area contributed by atoms with E-state index < -0.39 is 11.1 Å². The molecule has 2 aliphatic heterocycles. The lowest BCUT2D eigenvalue weighted by molar-refractivity contribution is -0.143. The van der Waals surface area contributed by atoms with Crippen LogP contribution in [-0.2, 0) is 19.1 Å². The number of hydrogen-bond acceptors (Lipinski definition) is 6.